The maximum Gasteiger partial charge on any atom is 0.326 e. The van der Waals surface area contributed by atoms with Gasteiger partial charge >= 0.3 is 5.97 Å². The van der Waals surface area contributed by atoms with Crippen LogP contribution < -0.4 is 5.32 Å². The first-order chi connectivity index (χ1) is 9.12. The van der Waals surface area contributed by atoms with Crippen molar-refractivity contribution in [3.05, 3.63) is 24.4 Å². The highest BCUT2D eigenvalue weighted by Gasteiger charge is 2.32. The summed E-state index contributed by atoms with van der Waals surface area (Å²) in [6, 6.07) is 5.88. The van der Waals surface area contributed by atoms with E-state index < -0.39 is 5.54 Å². The smallest absolute Gasteiger partial charge is 0.326 e. The molecule has 4 nitrogen and oxygen atoms in total. The zero-order chi connectivity index (χ0) is 14.1. The first-order valence-corrected chi connectivity index (χ1v) is 7.51. The summed E-state index contributed by atoms with van der Waals surface area (Å²) in [5.74, 6) is 0.758. The lowest BCUT2D eigenvalue weighted by Gasteiger charge is -2.26. The minimum absolute atomic E-state index is 0.180. The molecule has 0 aliphatic carbocycles. The number of esters is 1. The van der Waals surface area contributed by atoms with Gasteiger partial charge in [0.2, 0.25) is 0 Å². The van der Waals surface area contributed by atoms with E-state index in [0.29, 0.717) is 6.61 Å². The number of hydrogen-bond acceptors (Lipinski definition) is 5. The summed E-state index contributed by atoms with van der Waals surface area (Å²) in [4.78, 5) is 16.1. The van der Waals surface area contributed by atoms with Gasteiger partial charge in [0.05, 0.1) is 11.6 Å². The molecule has 0 radical (unpaired) electrons. The predicted octanol–water partition coefficient (Wildman–Crippen LogP) is 2.50. The number of aromatic nitrogens is 1. The Balaban J connectivity index is 2.35. The topological polar surface area (TPSA) is 51.2 Å². The fraction of sp³-hybridized carbons (Fsp3) is 0.571. The largest absolute Gasteiger partial charge is 0.465 e. The van der Waals surface area contributed by atoms with Gasteiger partial charge in [-0.05, 0) is 51.6 Å². The summed E-state index contributed by atoms with van der Waals surface area (Å²) >= 11 is 1.71. The lowest BCUT2D eigenvalue weighted by molar-refractivity contribution is -0.150. The maximum absolute atomic E-state index is 11.9. The van der Waals surface area contributed by atoms with Crippen molar-refractivity contribution in [2.75, 3.05) is 19.4 Å². The van der Waals surface area contributed by atoms with Crippen molar-refractivity contribution in [2.45, 2.75) is 37.3 Å². The van der Waals surface area contributed by atoms with E-state index >= 15 is 0 Å². The summed E-state index contributed by atoms with van der Waals surface area (Å²) in [5, 5.41) is 4.08. The predicted molar refractivity (Wildman–Crippen MR) is 78.3 cm³/mol. The van der Waals surface area contributed by atoms with E-state index in [1.165, 1.54) is 0 Å². The molecule has 1 rings (SSSR count). The Bertz CT molecular complexity index is 386. The molecule has 5 heteroatoms. The number of likely N-dealkylation sites (N-methyl/N-ethyl adjacent to an activating group) is 1. The van der Waals surface area contributed by atoms with Gasteiger partial charge in [0.1, 0.15) is 5.54 Å². The fourth-order valence-electron chi connectivity index (χ4n) is 1.65. The third-order valence-corrected chi connectivity index (χ3v) is 4.02. The van der Waals surface area contributed by atoms with Gasteiger partial charge in [-0.15, -0.1) is 11.8 Å². The van der Waals surface area contributed by atoms with Crippen LogP contribution in [0.25, 0.3) is 0 Å². The number of rotatable bonds is 8. The Labute approximate surface area is 119 Å². The highest BCUT2D eigenvalue weighted by Crippen LogP contribution is 2.20. The lowest BCUT2D eigenvalue weighted by Crippen LogP contribution is -2.48. The number of ether oxygens (including phenoxy) is 1. The van der Waals surface area contributed by atoms with Gasteiger partial charge in [-0.25, -0.2) is 4.98 Å². The van der Waals surface area contributed by atoms with E-state index in [-0.39, 0.29) is 5.97 Å². The second-order valence-electron chi connectivity index (χ2n) is 4.42. The van der Waals surface area contributed by atoms with E-state index in [4.69, 9.17) is 4.74 Å². The quantitative estimate of drug-likeness (QED) is 0.451. The summed E-state index contributed by atoms with van der Waals surface area (Å²) in [6.45, 7) is 4.13. The van der Waals surface area contributed by atoms with Gasteiger partial charge in [0, 0.05) is 6.20 Å². The van der Waals surface area contributed by atoms with Crippen LogP contribution in [0.15, 0.2) is 29.4 Å². The third-order valence-electron chi connectivity index (χ3n) is 2.99. The third kappa shape index (κ3) is 5.20. The molecule has 0 saturated heterocycles. The van der Waals surface area contributed by atoms with Gasteiger partial charge in [0.15, 0.2) is 0 Å². The van der Waals surface area contributed by atoms with E-state index in [1.807, 2.05) is 32.0 Å². The average molecular weight is 282 g/mol. The standard InChI is InChI=1S/C14H22N2O2S/c1-4-18-13(17)14(2,15-3)9-7-11-19-12-8-5-6-10-16-12/h5-6,8,10,15H,4,7,9,11H2,1-3H3. The zero-order valence-electron chi connectivity index (χ0n) is 11.8. The molecular formula is C14H22N2O2S. The average Bonchev–Trinajstić information content (AvgIpc) is 2.44. The Morgan fingerprint density at radius 1 is 1.53 bits per heavy atom. The second kappa shape index (κ2) is 8.17. The molecule has 0 fully saturated rings. The molecule has 106 valence electrons. The van der Waals surface area contributed by atoms with Crippen LogP contribution in [0.2, 0.25) is 0 Å². The summed E-state index contributed by atoms with van der Waals surface area (Å²) < 4.78 is 5.09. The number of pyridine rings is 1. The van der Waals surface area contributed by atoms with Crippen molar-refractivity contribution in [1.82, 2.24) is 10.3 Å². The van der Waals surface area contributed by atoms with Crippen LogP contribution in [0.4, 0.5) is 0 Å². The van der Waals surface area contributed by atoms with Crippen molar-refractivity contribution < 1.29 is 9.53 Å². The molecule has 19 heavy (non-hydrogen) atoms. The SMILES string of the molecule is CCOC(=O)C(C)(CCCSc1ccccn1)NC. The van der Waals surface area contributed by atoms with Gasteiger partial charge in [-0.2, -0.15) is 0 Å². The molecular weight excluding hydrogens is 260 g/mol. The molecule has 1 N–H and O–H groups in total. The summed E-state index contributed by atoms with van der Waals surface area (Å²) in [7, 11) is 1.79. The number of nitrogens with one attached hydrogen (secondary N) is 1. The number of hydrogen-bond donors (Lipinski definition) is 1. The van der Waals surface area contributed by atoms with Crippen molar-refractivity contribution in [2.24, 2.45) is 0 Å². The van der Waals surface area contributed by atoms with Crippen molar-refractivity contribution >= 4 is 17.7 Å². The molecule has 1 heterocycles. The zero-order valence-corrected chi connectivity index (χ0v) is 12.6. The van der Waals surface area contributed by atoms with Crippen LogP contribution in [-0.4, -0.2) is 35.9 Å². The number of carbonyl (C=O) groups is 1. The van der Waals surface area contributed by atoms with E-state index in [9.17, 15) is 4.79 Å². The first kappa shape index (κ1) is 16.0. The Hall–Kier alpha value is -1.07. The first-order valence-electron chi connectivity index (χ1n) is 6.52. The second-order valence-corrected chi connectivity index (χ2v) is 5.54. The molecule has 0 bridgehead atoms. The normalized spacial score (nSPS) is 13.8. The summed E-state index contributed by atoms with van der Waals surface area (Å²) in [5.41, 5.74) is -0.597. The van der Waals surface area contributed by atoms with Crippen molar-refractivity contribution in [3.63, 3.8) is 0 Å². The van der Waals surface area contributed by atoms with Crippen LogP contribution in [0.3, 0.4) is 0 Å². The highest BCUT2D eigenvalue weighted by molar-refractivity contribution is 7.99. The highest BCUT2D eigenvalue weighted by atomic mass is 32.2. The van der Waals surface area contributed by atoms with Gasteiger partial charge < -0.3 is 10.1 Å². The van der Waals surface area contributed by atoms with E-state index in [1.54, 1.807) is 25.0 Å². The Morgan fingerprint density at radius 2 is 2.32 bits per heavy atom. The number of carbonyl (C=O) groups excluding carboxylic acids is 1. The number of thioether (sulfide) groups is 1. The maximum atomic E-state index is 11.9. The molecule has 0 saturated carbocycles. The van der Waals surface area contributed by atoms with Crippen LogP contribution in [-0.2, 0) is 9.53 Å². The molecule has 0 amide bonds. The van der Waals surface area contributed by atoms with Gasteiger partial charge in [0.25, 0.3) is 0 Å². The molecule has 1 aromatic heterocycles. The monoisotopic (exact) mass is 282 g/mol. The lowest BCUT2D eigenvalue weighted by atomic mass is 9.97. The fourth-order valence-corrected chi connectivity index (χ4v) is 2.46. The molecule has 1 aromatic rings. The van der Waals surface area contributed by atoms with Gasteiger partial charge in [-0.1, -0.05) is 6.07 Å². The Morgan fingerprint density at radius 3 is 2.89 bits per heavy atom. The molecule has 1 atom stereocenters. The van der Waals surface area contributed by atoms with Crippen LogP contribution >= 0.6 is 11.8 Å². The van der Waals surface area contributed by atoms with Crippen molar-refractivity contribution in [3.8, 4) is 0 Å². The molecule has 0 aliphatic heterocycles. The van der Waals surface area contributed by atoms with E-state index in [2.05, 4.69) is 10.3 Å². The summed E-state index contributed by atoms with van der Waals surface area (Å²) in [6.07, 6.45) is 3.47. The van der Waals surface area contributed by atoms with Gasteiger partial charge in [-0.3, -0.25) is 4.79 Å². The van der Waals surface area contributed by atoms with Crippen LogP contribution in [0, 0.1) is 0 Å². The molecule has 0 aromatic carbocycles. The minimum Gasteiger partial charge on any atom is -0.465 e. The molecule has 0 aliphatic rings. The Kier molecular flexibility index (Phi) is 6.87. The van der Waals surface area contributed by atoms with E-state index in [0.717, 1.165) is 23.6 Å². The number of nitrogens with zero attached hydrogens (tertiary/aromatic N) is 1. The van der Waals surface area contributed by atoms with Crippen LogP contribution in [0.5, 0.6) is 0 Å². The van der Waals surface area contributed by atoms with Crippen LogP contribution in [0.1, 0.15) is 26.7 Å². The molecule has 1 unspecified atom stereocenters. The minimum atomic E-state index is -0.597. The molecule has 0 spiro atoms. The van der Waals surface area contributed by atoms with Crippen molar-refractivity contribution in [1.29, 1.82) is 0 Å².